The molecule has 54 heavy (non-hydrogen) atoms. The molecule has 7 heteroatoms. The van der Waals surface area contributed by atoms with Crippen molar-refractivity contribution >= 4 is 34.1 Å². The number of fused-ring (bicyclic) bond motifs is 3. The zero-order chi connectivity index (χ0) is 36.7. The van der Waals surface area contributed by atoms with Crippen LogP contribution in [0.15, 0.2) is 200 Å². The molecule has 0 bridgehead atoms. The van der Waals surface area contributed by atoms with Crippen LogP contribution in [0.4, 0.5) is 47.3 Å². The maximum Gasteiger partial charge on any atom is 0.435 e. The maximum absolute atomic E-state index is 14.4. The van der Waals surface area contributed by atoms with E-state index in [0.29, 0.717) is 11.3 Å². The lowest BCUT2D eigenvalue weighted by atomic mass is 9.77. The number of benzene rings is 7. The molecule has 0 aliphatic carbocycles. The van der Waals surface area contributed by atoms with Crippen molar-refractivity contribution in [1.82, 2.24) is 9.78 Å². The van der Waals surface area contributed by atoms with E-state index >= 15 is 0 Å². The number of anilines is 6. The SMILES string of the molecule is FC(F)(F)c1cc2n(n1)C(c1ccc(N(c3ccccc3)c3ccccc3)cc1)(c1ccc(N(c3ccccc3)c3ccccc3)cc1)c1ccccc1-2. The second-order valence-electron chi connectivity index (χ2n) is 13.2. The Kier molecular flexibility index (Phi) is 8.12. The molecule has 262 valence electrons. The van der Waals surface area contributed by atoms with Gasteiger partial charge in [-0.15, -0.1) is 0 Å². The van der Waals surface area contributed by atoms with Crippen LogP contribution < -0.4 is 9.80 Å². The molecule has 4 nitrogen and oxygen atoms in total. The van der Waals surface area contributed by atoms with E-state index in [1.165, 1.54) is 6.07 Å². The molecule has 1 aliphatic rings. The summed E-state index contributed by atoms with van der Waals surface area (Å²) in [6.07, 6.45) is -4.62. The summed E-state index contributed by atoms with van der Waals surface area (Å²) >= 11 is 0. The molecule has 0 unspecified atom stereocenters. The van der Waals surface area contributed by atoms with Crippen molar-refractivity contribution in [3.63, 3.8) is 0 Å². The van der Waals surface area contributed by atoms with Gasteiger partial charge < -0.3 is 9.80 Å². The van der Waals surface area contributed by atoms with Crippen LogP contribution in [0.3, 0.4) is 0 Å². The maximum atomic E-state index is 14.4. The Labute approximate surface area is 311 Å². The van der Waals surface area contributed by atoms with Gasteiger partial charge in [0, 0.05) is 39.7 Å². The number of aromatic nitrogens is 2. The number of nitrogens with zero attached hydrogens (tertiary/aromatic N) is 4. The molecule has 0 N–H and O–H groups in total. The van der Waals surface area contributed by atoms with Gasteiger partial charge in [0.2, 0.25) is 0 Å². The van der Waals surface area contributed by atoms with Crippen LogP contribution in [0.2, 0.25) is 0 Å². The van der Waals surface area contributed by atoms with Crippen molar-refractivity contribution < 1.29 is 13.2 Å². The van der Waals surface area contributed by atoms with Crippen molar-refractivity contribution in [3.8, 4) is 11.3 Å². The summed E-state index contributed by atoms with van der Waals surface area (Å²) < 4.78 is 44.8. The highest BCUT2D eigenvalue weighted by Crippen LogP contribution is 2.53. The molecule has 7 aromatic carbocycles. The number of hydrogen-bond donors (Lipinski definition) is 0. The van der Waals surface area contributed by atoms with E-state index in [9.17, 15) is 13.2 Å². The molecule has 2 heterocycles. The third kappa shape index (κ3) is 5.53. The number of halogens is 3. The topological polar surface area (TPSA) is 24.3 Å². The van der Waals surface area contributed by atoms with Crippen LogP contribution >= 0.6 is 0 Å². The Morgan fingerprint density at radius 1 is 0.426 bits per heavy atom. The minimum Gasteiger partial charge on any atom is -0.311 e. The third-order valence-corrected chi connectivity index (χ3v) is 10.1. The summed E-state index contributed by atoms with van der Waals surface area (Å²) in [6.45, 7) is 0. The fourth-order valence-corrected chi connectivity index (χ4v) is 7.73. The average Bonchev–Trinajstić information content (AvgIpc) is 3.79. The first-order valence-corrected chi connectivity index (χ1v) is 17.7. The molecule has 0 atom stereocenters. The quantitative estimate of drug-likeness (QED) is 0.157. The molecule has 0 saturated heterocycles. The fraction of sp³-hybridized carbons (Fsp3) is 0.0426. The monoisotopic (exact) mass is 710 g/mol. The first-order valence-electron chi connectivity index (χ1n) is 17.7. The molecule has 1 aliphatic heterocycles. The summed E-state index contributed by atoms with van der Waals surface area (Å²) in [6, 6.07) is 65.5. The summed E-state index contributed by atoms with van der Waals surface area (Å²) in [7, 11) is 0. The van der Waals surface area contributed by atoms with Gasteiger partial charge in [-0.05, 0) is 95.6 Å². The van der Waals surface area contributed by atoms with Gasteiger partial charge in [-0.25, -0.2) is 4.68 Å². The van der Waals surface area contributed by atoms with Crippen molar-refractivity contribution in [2.45, 2.75) is 11.7 Å². The normalized spacial score (nSPS) is 12.9. The van der Waals surface area contributed by atoms with E-state index < -0.39 is 17.4 Å². The Hall–Kier alpha value is -6.86. The second-order valence-corrected chi connectivity index (χ2v) is 13.2. The highest BCUT2D eigenvalue weighted by Gasteiger charge is 2.49. The molecule has 9 rings (SSSR count). The van der Waals surface area contributed by atoms with Gasteiger partial charge in [0.25, 0.3) is 0 Å². The molecule has 0 spiro atoms. The standard InChI is InChI=1S/C47H33F3N4/c48-47(49,50)45-33-44-42-23-13-14-24-43(42)46(54(44)51-45,34-25-29-40(30-26-34)52(36-15-5-1-6-16-36)37-17-7-2-8-18-37)35-27-31-41(32-28-35)53(38-19-9-3-10-20-38)39-21-11-4-12-22-39/h1-33H. The molecule has 0 saturated carbocycles. The van der Waals surface area contributed by atoms with Crippen molar-refractivity contribution in [3.05, 3.63) is 223 Å². The number of hydrogen-bond acceptors (Lipinski definition) is 3. The van der Waals surface area contributed by atoms with Crippen molar-refractivity contribution in [2.24, 2.45) is 0 Å². The van der Waals surface area contributed by atoms with Crippen molar-refractivity contribution in [2.75, 3.05) is 9.80 Å². The second kappa shape index (κ2) is 13.3. The van der Waals surface area contributed by atoms with E-state index in [2.05, 4.69) is 63.4 Å². The predicted octanol–water partition coefficient (Wildman–Crippen LogP) is 12.7. The Morgan fingerprint density at radius 3 is 1.17 bits per heavy atom. The van der Waals surface area contributed by atoms with Gasteiger partial charge in [0.1, 0.15) is 5.54 Å². The smallest absolute Gasteiger partial charge is 0.311 e. The van der Waals surface area contributed by atoms with Gasteiger partial charge in [-0.3, -0.25) is 0 Å². The van der Waals surface area contributed by atoms with E-state index in [1.807, 2.05) is 146 Å². The van der Waals surface area contributed by atoms with Crippen molar-refractivity contribution in [1.29, 1.82) is 0 Å². The van der Waals surface area contributed by atoms with Crippen LogP contribution in [-0.4, -0.2) is 9.78 Å². The molecular weight excluding hydrogens is 678 g/mol. The van der Waals surface area contributed by atoms with Gasteiger partial charge in [0.15, 0.2) is 5.69 Å². The number of rotatable bonds is 8. The zero-order valence-corrected chi connectivity index (χ0v) is 29.0. The summed E-state index contributed by atoms with van der Waals surface area (Å²) in [5, 5.41) is 4.36. The lowest BCUT2D eigenvalue weighted by molar-refractivity contribution is -0.141. The highest BCUT2D eigenvalue weighted by molar-refractivity contribution is 5.81. The molecule has 0 amide bonds. The van der Waals surface area contributed by atoms with Gasteiger partial charge in [-0.1, -0.05) is 121 Å². The van der Waals surface area contributed by atoms with E-state index in [-0.39, 0.29) is 0 Å². The van der Waals surface area contributed by atoms with E-state index in [4.69, 9.17) is 0 Å². The van der Waals surface area contributed by atoms with Gasteiger partial charge in [-0.2, -0.15) is 18.3 Å². The predicted molar refractivity (Wildman–Crippen MR) is 210 cm³/mol. The van der Waals surface area contributed by atoms with Crippen LogP contribution in [0, 0.1) is 0 Å². The summed E-state index contributed by atoms with van der Waals surface area (Å²) in [4.78, 5) is 4.33. The fourth-order valence-electron chi connectivity index (χ4n) is 7.73. The first-order chi connectivity index (χ1) is 26.4. The van der Waals surface area contributed by atoms with Gasteiger partial charge in [0.05, 0.1) is 5.69 Å². The summed E-state index contributed by atoms with van der Waals surface area (Å²) in [5.41, 5.74) is 7.16. The number of para-hydroxylation sites is 4. The van der Waals surface area contributed by atoms with E-state index in [0.717, 1.165) is 50.8 Å². The van der Waals surface area contributed by atoms with Crippen LogP contribution in [0.25, 0.3) is 11.3 Å². The zero-order valence-electron chi connectivity index (χ0n) is 29.0. The Morgan fingerprint density at radius 2 is 0.778 bits per heavy atom. The molecule has 1 aromatic heterocycles. The minimum absolute atomic E-state index is 0.413. The average molecular weight is 711 g/mol. The van der Waals surface area contributed by atoms with Crippen LogP contribution in [0.5, 0.6) is 0 Å². The third-order valence-electron chi connectivity index (χ3n) is 10.1. The number of alkyl halides is 3. The van der Waals surface area contributed by atoms with Crippen LogP contribution in [-0.2, 0) is 11.7 Å². The minimum atomic E-state index is -4.62. The Bertz CT molecular complexity index is 2310. The highest BCUT2D eigenvalue weighted by atomic mass is 19.4. The summed E-state index contributed by atoms with van der Waals surface area (Å²) in [5.74, 6) is 0. The largest absolute Gasteiger partial charge is 0.435 e. The molecule has 0 radical (unpaired) electrons. The van der Waals surface area contributed by atoms with E-state index in [1.54, 1.807) is 4.68 Å². The molecule has 8 aromatic rings. The lowest BCUT2D eigenvalue weighted by Gasteiger charge is -2.35. The first kappa shape index (κ1) is 33.0. The van der Waals surface area contributed by atoms with Crippen LogP contribution in [0.1, 0.15) is 22.4 Å². The Balaban J connectivity index is 1.24. The van der Waals surface area contributed by atoms with Gasteiger partial charge >= 0.3 is 6.18 Å². The molecular formula is C47H33F3N4. The molecule has 0 fully saturated rings. The lowest BCUT2D eigenvalue weighted by Crippen LogP contribution is -2.36.